The maximum Gasteiger partial charge on any atom is 0.253 e. The maximum atomic E-state index is 12.9. The Morgan fingerprint density at radius 1 is 1.23 bits per heavy atom. The van der Waals surface area contributed by atoms with Gasteiger partial charge in [0, 0.05) is 44.8 Å². The van der Waals surface area contributed by atoms with Crippen LogP contribution in [0.3, 0.4) is 0 Å². The van der Waals surface area contributed by atoms with Crippen molar-refractivity contribution in [3.05, 3.63) is 35.4 Å². The molecule has 6 nitrogen and oxygen atoms in total. The Labute approximate surface area is 156 Å². The molecule has 0 aromatic heterocycles. The van der Waals surface area contributed by atoms with Crippen LogP contribution in [-0.2, 0) is 4.74 Å². The second-order valence-corrected chi connectivity index (χ2v) is 7.14. The molecule has 2 fully saturated rings. The highest BCUT2D eigenvalue weighted by Gasteiger charge is 2.23. The van der Waals surface area contributed by atoms with Crippen molar-refractivity contribution < 1.29 is 14.6 Å². The molecule has 0 unspecified atom stereocenters. The van der Waals surface area contributed by atoms with Crippen molar-refractivity contribution in [2.45, 2.75) is 18.8 Å². The van der Waals surface area contributed by atoms with E-state index < -0.39 is 0 Å². The number of nitrogens with one attached hydrogen (secondary N) is 1. The smallest absolute Gasteiger partial charge is 0.253 e. The molecule has 1 atom stereocenters. The molecule has 26 heavy (non-hydrogen) atoms. The molecule has 2 aliphatic heterocycles. The fourth-order valence-electron chi connectivity index (χ4n) is 3.78. The van der Waals surface area contributed by atoms with Crippen molar-refractivity contribution in [2.24, 2.45) is 0 Å². The first kappa shape index (κ1) is 19.3. The van der Waals surface area contributed by atoms with Crippen molar-refractivity contribution in [1.29, 1.82) is 0 Å². The highest BCUT2D eigenvalue weighted by atomic mass is 16.5. The molecular weight excluding hydrogens is 330 g/mol. The van der Waals surface area contributed by atoms with Crippen LogP contribution in [0.2, 0.25) is 0 Å². The summed E-state index contributed by atoms with van der Waals surface area (Å²) in [5, 5.41) is 12.2. The fraction of sp³-hybridized carbons (Fsp3) is 0.650. The van der Waals surface area contributed by atoms with Gasteiger partial charge in [0.1, 0.15) is 0 Å². The molecule has 0 spiro atoms. The van der Waals surface area contributed by atoms with Gasteiger partial charge < -0.3 is 20.1 Å². The van der Waals surface area contributed by atoms with Crippen molar-refractivity contribution in [3.63, 3.8) is 0 Å². The second-order valence-electron chi connectivity index (χ2n) is 7.14. The van der Waals surface area contributed by atoms with Gasteiger partial charge >= 0.3 is 0 Å². The van der Waals surface area contributed by atoms with Gasteiger partial charge in [0.15, 0.2) is 0 Å². The lowest BCUT2D eigenvalue weighted by atomic mass is 9.90. The van der Waals surface area contributed by atoms with E-state index in [0.717, 1.165) is 51.4 Å². The average molecular weight is 361 g/mol. The van der Waals surface area contributed by atoms with Crippen LogP contribution < -0.4 is 5.32 Å². The lowest BCUT2D eigenvalue weighted by Crippen LogP contribution is -2.49. The summed E-state index contributed by atoms with van der Waals surface area (Å²) < 4.78 is 5.32. The predicted molar refractivity (Wildman–Crippen MR) is 102 cm³/mol. The topological polar surface area (TPSA) is 65.0 Å². The summed E-state index contributed by atoms with van der Waals surface area (Å²) >= 11 is 0. The normalized spacial score (nSPS) is 21.7. The number of hydrogen-bond acceptors (Lipinski definition) is 5. The number of carbonyl (C=O) groups is 1. The monoisotopic (exact) mass is 361 g/mol. The first-order chi connectivity index (χ1) is 12.8. The van der Waals surface area contributed by atoms with Gasteiger partial charge in [-0.1, -0.05) is 12.1 Å². The number of rotatable bonds is 7. The van der Waals surface area contributed by atoms with Crippen LogP contribution in [0.5, 0.6) is 0 Å². The molecule has 2 saturated heterocycles. The zero-order chi connectivity index (χ0) is 18.2. The molecule has 2 heterocycles. The minimum Gasteiger partial charge on any atom is -0.394 e. The minimum atomic E-state index is 0.0677. The number of hydrogen-bond donors (Lipinski definition) is 2. The van der Waals surface area contributed by atoms with Crippen LogP contribution in [0.25, 0.3) is 0 Å². The highest BCUT2D eigenvalue weighted by Crippen LogP contribution is 2.24. The van der Waals surface area contributed by atoms with Gasteiger partial charge in [-0.25, -0.2) is 0 Å². The molecular formula is C20H31N3O3. The molecule has 2 aliphatic rings. The molecule has 0 radical (unpaired) electrons. The third-order valence-electron chi connectivity index (χ3n) is 5.35. The molecule has 0 saturated carbocycles. The van der Waals surface area contributed by atoms with E-state index in [1.165, 1.54) is 18.4 Å². The van der Waals surface area contributed by atoms with Crippen LogP contribution in [0, 0.1) is 0 Å². The van der Waals surface area contributed by atoms with Gasteiger partial charge in [0.2, 0.25) is 0 Å². The largest absolute Gasteiger partial charge is 0.394 e. The van der Waals surface area contributed by atoms with Crippen LogP contribution >= 0.6 is 0 Å². The number of carbonyl (C=O) groups excluding carboxylic acids is 1. The number of piperazine rings is 1. The number of aliphatic hydroxyl groups is 1. The van der Waals surface area contributed by atoms with Crippen molar-refractivity contribution in [1.82, 2.24) is 15.1 Å². The predicted octanol–water partition coefficient (Wildman–Crippen LogP) is 0.920. The standard InChI is InChI=1S/C20H31N3O3/c24-12-14-26-13-11-22-7-9-23(10-8-22)20(25)18-4-1-3-17(15-18)19-5-2-6-21-16-19/h1,3-4,15,19,21,24H,2,5-14,16H2/t19-/m0/s1. The van der Waals surface area contributed by atoms with Gasteiger partial charge in [-0.2, -0.15) is 0 Å². The third kappa shape index (κ3) is 5.27. The molecule has 3 rings (SSSR count). The van der Waals surface area contributed by atoms with E-state index in [-0.39, 0.29) is 12.5 Å². The first-order valence-electron chi connectivity index (χ1n) is 9.79. The second kappa shape index (κ2) is 10.0. The number of nitrogens with zero attached hydrogens (tertiary/aromatic N) is 2. The van der Waals surface area contributed by atoms with Gasteiger partial charge in [-0.15, -0.1) is 0 Å². The number of ether oxygens (including phenoxy) is 1. The lowest BCUT2D eigenvalue weighted by molar-refractivity contribution is 0.0486. The van der Waals surface area contributed by atoms with E-state index in [0.29, 0.717) is 19.1 Å². The summed E-state index contributed by atoms with van der Waals surface area (Å²) in [4.78, 5) is 17.2. The molecule has 0 bridgehead atoms. The Balaban J connectivity index is 1.50. The molecule has 2 N–H and O–H groups in total. The van der Waals surface area contributed by atoms with Gasteiger partial charge in [0.25, 0.3) is 5.91 Å². The van der Waals surface area contributed by atoms with Crippen molar-refractivity contribution in [2.75, 3.05) is 65.6 Å². The summed E-state index contributed by atoms with van der Waals surface area (Å²) in [6, 6.07) is 8.21. The molecule has 144 valence electrons. The molecule has 0 aliphatic carbocycles. The van der Waals surface area contributed by atoms with Crippen molar-refractivity contribution >= 4 is 5.91 Å². The Morgan fingerprint density at radius 3 is 2.81 bits per heavy atom. The molecule has 1 amide bonds. The number of piperidine rings is 1. The third-order valence-corrected chi connectivity index (χ3v) is 5.35. The Morgan fingerprint density at radius 2 is 2.08 bits per heavy atom. The van der Waals surface area contributed by atoms with Gasteiger partial charge in [-0.3, -0.25) is 9.69 Å². The molecule has 1 aromatic carbocycles. The fourth-order valence-corrected chi connectivity index (χ4v) is 3.78. The first-order valence-corrected chi connectivity index (χ1v) is 9.79. The summed E-state index contributed by atoms with van der Waals surface area (Å²) in [6.07, 6.45) is 2.40. The summed E-state index contributed by atoms with van der Waals surface area (Å²) in [6.45, 7) is 7.32. The van der Waals surface area contributed by atoms with Crippen molar-refractivity contribution in [3.8, 4) is 0 Å². The van der Waals surface area contributed by atoms with E-state index >= 15 is 0 Å². The minimum absolute atomic E-state index is 0.0677. The molecule has 6 heteroatoms. The molecule has 1 aromatic rings. The van der Waals surface area contributed by atoms with Crippen LogP contribution in [-0.4, -0.2) is 86.4 Å². The summed E-state index contributed by atoms with van der Waals surface area (Å²) in [5.41, 5.74) is 2.09. The van der Waals surface area contributed by atoms with Crippen LogP contribution in [0.4, 0.5) is 0 Å². The average Bonchev–Trinajstić information content (AvgIpc) is 2.72. The van der Waals surface area contributed by atoms with E-state index in [1.807, 2.05) is 17.0 Å². The lowest BCUT2D eigenvalue weighted by Gasteiger charge is -2.34. The Hall–Kier alpha value is -1.47. The number of aliphatic hydroxyl groups excluding tert-OH is 1. The Bertz CT molecular complexity index is 567. The zero-order valence-corrected chi connectivity index (χ0v) is 15.5. The van der Waals surface area contributed by atoms with E-state index in [1.54, 1.807) is 0 Å². The van der Waals surface area contributed by atoms with E-state index in [4.69, 9.17) is 9.84 Å². The SMILES string of the molecule is O=C(c1cccc([C@H]2CCCNC2)c1)N1CCN(CCOCCO)CC1. The van der Waals surface area contributed by atoms with E-state index in [2.05, 4.69) is 22.3 Å². The highest BCUT2D eigenvalue weighted by molar-refractivity contribution is 5.94. The van der Waals surface area contributed by atoms with Gasteiger partial charge in [0.05, 0.1) is 19.8 Å². The zero-order valence-electron chi connectivity index (χ0n) is 15.5. The number of amides is 1. The Kier molecular flexibility index (Phi) is 7.43. The summed E-state index contributed by atoms with van der Waals surface area (Å²) in [5.74, 6) is 0.666. The maximum absolute atomic E-state index is 12.9. The summed E-state index contributed by atoms with van der Waals surface area (Å²) in [7, 11) is 0. The number of benzene rings is 1. The van der Waals surface area contributed by atoms with Crippen LogP contribution in [0.1, 0.15) is 34.7 Å². The van der Waals surface area contributed by atoms with Gasteiger partial charge in [-0.05, 0) is 43.0 Å². The van der Waals surface area contributed by atoms with E-state index in [9.17, 15) is 4.79 Å². The quantitative estimate of drug-likeness (QED) is 0.707. The van der Waals surface area contributed by atoms with Crippen LogP contribution in [0.15, 0.2) is 24.3 Å².